The minimum Gasteiger partial charge on any atom is -0.379 e. The number of morpholine rings is 1. The Morgan fingerprint density at radius 2 is 2.00 bits per heavy atom. The molecule has 6 heteroatoms. The molecule has 0 aliphatic carbocycles. The maximum Gasteiger partial charge on any atom is 0.0594 e. The Kier molecular flexibility index (Phi) is 4.87. The summed E-state index contributed by atoms with van der Waals surface area (Å²) >= 11 is 0. The van der Waals surface area contributed by atoms with Crippen LogP contribution in [0.5, 0.6) is 0 Å². The Morgan fingerprint density at radius 3 is 2.83 bits per heavy atom. The molecule has 0 amide bonds. The van der Waals surface area contributed by atoms with Gasteiger partial charge in [-0.15, -0.1) is 0 Å². The van der Waals surface area contributed by atoms with Crippen molar-refractivity contribution >= 4 is 0 Å². The lowest BCUT2D eigenvalue weighted by Gasteiger charge is -2.35. The summed E-state index contributed by atoms with van der Waals surface area (Å²) in [6, 6.07) is 8.83. The van der Waals surface area contributed by atoms with E-state index in [-0.39, 0.29) is 0 Å². The molecule has 2 aromatic rings. The first-order valence-corrected chi connectivity index (χ1v) is 8.83. The van der Waals surface area contributed by atoms with Gasteiger partial charge in [-0.25, -0.2) is 0 Å². The van der Waals surface area contributed by atoms with Crippen molar-refractivity contribution in [1.82, 2.24) is 24.6 Å². The third-order valence-electron chi connectivity index (χ3n) is 5.02. The molecular formula is C18H25N5O. The zero-order chi connectivity index (χ0) is 16.2. The van der Waals surface area contributed by atoms with E-state index in [1.165, 1.54) is 5.69 Å². The van der Waals surface area contributed by atoms with Crippen LogP contribution in [0.2, 0.25) is 0 Å². The molecule has 0 N–H and O–H groups in total. The molecule has 1 fully saturated rings. The number of fused-ring (bicyclic) bond motifs is 1. The normalized spacial score (nSPS) is 22.9. The van der Waals surface area contributed by atoms with E-state index < -0.39 is 0 Å². The molecule has 6 nitrogen and oxygen atoms in total. The lowest BCUT2D eigenvalue weighted by atomic mass is 10.1. The first-order chi connectivity index (χ1) is 11.9. The monoisotopic (exact) mass is 327 g/mol. The Morgan fingerprint density at radius 1 is 1.08 bits per heavy atom. The number of hydrogen-bond acceptors (Lipinski definition) is 5. The molecule has 1 saturated heterocycles. The smallest absolute Gasteiger partial charge is 0.0594 e. The third-order valence-corrected chi connectivity index (χ3v) is 5.02. The molecule has 0 bridgehead atoms. The molecule has 0 radical (unpaired) electrons. The number of aromatic nitrogens is 3. The van der Waals surface area contributed by atoms with E-state index >= 15 is 0 Å². The number of nitrogens with zero attached hydrogens (tertiary/aromatic N) is 5. The fourth-order valence-electron chi connectivity index (χ4n) is 3.66. The second-order valence-electron chi connectivity index (χ2n) is 6.63. The van der Waals surface area contributed by atoms with E-state index in [4.69, 9.17) is 4.74 Å². The van der Waals surface area contributed by atoms with Gasteiger partial charge in [0.1, 0.15) is 0 Å². The summed E-state index contributed by atoms with van der Waals surface area (Å²) in [7, 11) is 0. The van der Waals surface area contributed by atoms with E-state index in [9.17, 15) is 0 Å². The highest BCUT2D eigenvalue weighted by Crippen LogP contribution is 2.20. The molecular weight excluding hydrogens is 302 g/mol. The summed E-state index contributed by atoms with van der Waals surface area (Å²) in [5.41, 5.74) is 2.44. The predicted molar refractivity (Wildman–Crippen MR) is 91.4 cm³/mol. The van der Waals surface area contributed by atoms with Gasteiger partial charge in [-0.1, -0.05) is 6.07 Å². The van der Waals surface area contributed by atoms with Gasteiger partial charge in [-0.3, -0.25) is 19.5 Å². The highest BCUT2D eigenvalue weighted by atomic mass is 16.5. The lowest BCUT2D eigenvalue weighted by molar-refractivity contribution is 0.0195. The molecule has 2 aliphatic heterocycles. The average Bonchev–Trinajstić information content (AvgIpc) is 3.01. The standard InChI is InChI=1S/C18H25N5O/c1-2-6-19-16(3-1)13-22-15-18-4-7-20-23(18)8-5-17(22)14-21-9-11-24-12-10-21/h1-4,6-7,17H,5,8-15H2. The first-order valence-electron chi connectivity index (χ1n) is 8.83. The van der Waals surface area contributed by atoms with Crippen LogP contribution in [-0.4, -0.2) is 63.5 Å². The summed E-state index contributed by atoms with van der Waals surface area (Å²) in [6.45, 7) is 7.71. The van der Waals surface area contributed by atoms with E-state index in [1.54, 1.807) is 0 Å². The topological polar surface area (TPSA) is 46.4 Å². The van der Waals surface area contributed by atoms with Crippen molar-refractivity contribution < 1.29 is 4.74 Å². The maximum atomic E-state index is 5.49. The van der Waals surface area contributed by atoms with Gasteiger partial charge < -0.3 is 4.74 Å². The van der Waals surface area contributed by atoms with Crippen molar-refractivity contribution in [3.63, 3.8) is 0 Å². The lowest BCUT2D eigenvalue weighted by Crippen LogP contribution is -2.46. The van der Waals surface area contributed by atoms with Gasteiger partial charge in [-0.2, -0.15) is 5.10 Å². The Bertz CT molecular complexity index is 638. The second-order valence-corrected chi connectivity index (χ2v) is 6.63. The predicted octanol–water partition coefficient (Wildman–Crippen LogP) is 1.38. The van der Waals surface area contributed by atoms with Gasteiger partial charge in [-0.05, 0) is 24.6 Å². The van der Waals surface area contributed by atoms with Gasteiger partial charge >= 0.3 is 0 Å². The van der Waals surface area contributed by atoms with Crippen molar-refractivity contribution in [2.75, 3.05) is 32.8 Å². The Hall–Kier alpha value is -1.76. The molecule has 4 rings (SSSR count). The number of rotatable bonds is 4. The molecule has 0 aromatic carbocycles. The van der Waals surface area contributed by atoms with Gasteiger partial charge in [0.25, 0.3) is 0 Å². The van der Waals surface area contributed by atoms with Crippen molar-refractivity contribution in [2.24, 2.45) is 0 Å². The second kappa shape index (κ2) is 7.42. The van der Waals surface area contributed by atoms with Crippen LogP contribution in [0.1, 0.15) is 17.8 Å². The zero-order valence-corrected chi connectivity index (χ0v) is 14.0. The quantitative estimate of drug-likeness (QED) is 0.849. The van der Waals surface area contributed by atoms with Crippen LogP contribution >= 0.6 is 0 Å². The van der Waals surface area contributed by atoms with Crippen LogP contribution in [0.3, 0.4) is 0 Å². The third kappa shape index (κ3) is 3.66. The zero-order valence-electron chi connectivity index (χ0n) is 14.0. The summed E-state index contributed by atoms with van der Waals surface area (Å²) < 4.78 is 7.65. The summed E-state index contributed by atoms with van der Waals surface area (Å²) in [6.07, 6.45) is 4.92. The molecule has 24 heavy (non-hydrogen) atoms. The van der Waals surface area contributed by atoms with Crippen LogP contribution in [0.25, 0.3) is 0 Å². The molecule has 1 unspecified atom stereocenters. The van der Waals surface area contributed by atoms with Crippen LogP contribution in [-0.2, 0) is 24.4 Å². The minimum atomic E-state index is 0.520. The molecule has 4 heterocycles. The molecule has 2 aliphatic rings. The fraction of sp³-hybridized carbons (Fsp3) is 0.556. The van der Waals surface area contributed by atoms with Crippen LogP contribution < -0.4 is 0 Å². The van der Waals surface area contributed by atoms with E-state index in [2.05, 4.69) is 42.8 Å². The average molecular weight is 327 g/mol. The van der Waals surface area contributed by atoms with Crippen LogP contribution in [0, 0.1) is 0 Å². The maximum absolute atomic E-state index is 5.49. The minimum absolute atomic E-state index is 0.520. The number of aryl methyl sites for hydroxylation is 1. The first kappa shape index (κ1) is 15.7. The SMILES string of the molecule is c1ccc(CN2Cc3ccnn3CCC2CN2CCOCC2)nc1. The van der Waals surface area contributed by atoms with Gasteiger partial charge in [0, 0.05) is 57.7 Å². The summed E-state index contributed by atoms with van der Waals surface area (Å²) in [5.74, 6) is 0. The number of hydrogen-bond donors (Lipinski definition) is 0. The highest BCUT2D eigenvalue weighted by molar-refractivity contribution is 5.07. The molecule has 128 valence electrons. The van der Waals surface area contributed by atoms with Crippen molar-refractivity contribution in [2.45, 2.75) is 32.1 Å². The van der Waals surface area contributed by atoms with Crippen LogP contribution in [0.15, 0.2) is 36.7 Å². The van der Waals surface area contributed by atoms with E-state index in [0.29, 0.717) is 6.04 Å². The van der Waals surface area contributed by atoms with E-state index in [0.717, 1.165) is 64.6 Å². The largest absolute Gasteiger partial charge is 0.379 e. The summed E-state index contributed by atoms with van der Waals surface area (Å²) in [4.78, 5) is 9.63. The molecule has 2 aromatic heterocycles. The van der Waals surface area contributed by atoms with Gasteiger partial charge in [0.2, 0.25) is 0 Å². The van der Waals surface area contributed by atoms with Crippen molar-refractivity contribution in [3.8, 4) is 0 Å². The fourth-order valence-corrected chi connectivity index (χ4v) is 3.66. The molecule has 0 saturated carbocycles. The Labute approximate surface area is 143 Å². The molecule has 1 atom stereocenters. The molecule has 0 spiro atoms. The highest BCUT2D eigenvalue weighted by Gasteiger charge is 2.27. The van der Waals surface area contributed by atoms with Crippen molar-refractivity contribution in [1.29, 1.82) is 0 Å². The number of pyridine rings is 1. The van der Waals surface area contributed by atoms with Gasteiger partial charge in [0.05, 0.1) is 24.6 Å². The van der Waals surface area contributed by atoms with E-state index in [1.807, 2.05) is 18.5 Å². The summed E-state index contributed by atoms with van der Waals surface area (Å²) in [5, 5.41) is 4.48. The van der Waals surface area contributed by atoms with Gasteiger partial charge in [0.15, 0.2) is 0 Å². The van der Waals surface area contributed by atoms with Crippen LogP contribution in [0.4, 0.5) is 0 Å². The Balaban J connectivity index is 1.51. The van der Waals surface area contributed by atoms with Crippen molar-refractivity contribution in [3.05, 3.63) is 48.0 Å². The number of ether oxygens (including phenoxy) is 1.